The second-order valence-corrected chi connectivity index (χ2v) is 14.8. The minimum absolute atomic E-state index is 0.0272. The normalized spacial score (nSPS) is 13.4. The van der Waals surface area contributed by atoms with E-state index in [0.717, 1.165) is 51.4 Å². The molecule has 0 radical (unpaired) electrons. The average molecular weight is 720 g/mol. The number of hydrogen-bond donors (Lipinski definition) is 0. The van der Waals surface area contributed by atoms with Gasteiger partial charge < -0.3 is 28.6 Å². The van der Waals surface area contributed by atoms with Crippen LogP contribution in [-0.2, 0) is 28.6 Å². The summed E-state index contributed by atoms with van der Waals surface area (Å²) in [5.74, 6) is -1.78. The third-order valence-corrected chi connectivity index (χ3v) is 9.04. The molecule has 0 aromatic carbocycles. The molecule has 0 saturated heterocycles. The van der Waals surface area contributed by atoms with Crippen LogP contribution in [0.15, 0.2) is 36.5 Å². The Morgan fingerprint density at radius 1 is 0.608 bits per heavy atom. The highest BCUT2D eigenvalue weighted by Gasteiger charge is 2.25. The zero-order valence-corrected chi connectivity index (χ0v) is 33.5. The number of ether oxygens (including phenoxy) is 3. The van der Waals surface area contributed by atoms with Crippen LogP contribution in [0.4, 0.5) is 0 Å². The molecular formula is C43H77NO7. The van der Waals surface area contributed by atoms with Gasteiger partial charge in [0, 0.05) is 19.3 Å². The van der Waals surface area contributed by atoms with Crippen molar-refractivity contribution in [2.24, 2.45) is 0 Å². The monoisotopic (exact) mass is 720 g/mol. The van der Waals surface area contributed by atoms with E-state index < -0.39 is 18.1 Å². The maximum absolute atomic E-state index is 12.6. The van der Waals surface area contributed by atoms with Gasteiger partial charge in [-0.25, -0.2) is 0 Å². The Labute approximate surface area is 313 Å². The number of carbonyl (C=O) groups excluding carboxylic acids is 3. The fourth-order valence-corrected chi connectivity index (χ4v) is 5.85. The van der Waals surface area contributed by atoms with Crippen molar-refractivity contribution in [1.29, 1.82) is 0 Å². The first-order valence-electron chi connectivity index (χ1n) is 20.5. The highest BCUT2D eigenvalue weighted by atomic mass is 16.6. The zero-order valence-electron chi connectivity index (χ0n) is 33.5. The predicted molar refractivity (Wildman–Crippen MR) is 208 cm³/mol. The van der Waals surface area contributed by atoms with Gasteiger partial charge in [-0.3, -0.25) is 9.59 Å². The Kier molecular flexibility index (Phi) is 33.0. The van der Waals surface area contributed by atoms with Gasteiger partial charge in [-0.15, -0.1) is 0 Å². The maximum Gasteiger partial charge on any atom is 0.306 e. The van der Waals surface area contributed by atoms with Gasteiger partial charge in [-0.1, -0.05) is 140 Å². The number of quaternary nitrogens is 1. The minimum Gasteiger partial charge on any atom is -0.544 e. The van der Waals surface area contributed by atoms with Gasteiger partial charge in [-0.2, -0.15) is 0 Å². The van der Waals surface area contributed by atoms with Gasteiger partial charge >= 0.3 is 11.9 Å². The van der Waals surface area contributed by atoms with Crippen LogP contribution in [-0.4, -0.2) is 75.5 Å². The molecule has 0 bridgehead atoms. The fourth-order valence-electron chi connectivity index (χ4n) is 5.85. The Balaban J connectivity index is 4.40. The molecule has 0 saturated carbocycles. The quantitative estimate of drug-likeness (QED) is 0.0275. The summed E-state index contributed by atoms with van der Waals surface area (Å²) in [5.41, 5.74) is 0. The van der Waals surface area contributed by atoms with Gasteiger partial charge in [0.15, 0.2) is 6.10 Å². The number of likely N-dealkylation sites (N-methyl/N-ethyl adjacent to an activating group) is 1. The molecule has 51 heavy (non-hydrogen) atoms. The highest BCUT2D eigenvalue weighted by Crippen LogP contribution is 2.14. The Bertz CT molecular complexity index is 937. The SMILES string of the molecule is CC/C=C/C/C=C/C/C=C/CCCCC(=O)OC(COCCC(C(=O)[O-])[N+](C)(C)C)COC(=O)CCCCCCCCCCCCCCCCC. The van der Waals surface area contributed by atoms with E-state index in [2.05, 4.69) is 50.3 Å². The first-order chi connectivity index (χ1) is 24.6. The second-order valence-electron chi connectivity index (χ2n) is 14.8. The van der Waals surface area contributed by atoms with Crippen LogP contribution < -0.4 is 5.11 Å². The fraction of sp³-hybridized carbons (Fsp3) is 0.791. The maximum atomic E-state index is 12.6. The van der Waals surface area contributed by atoms with Crippen molar-refractivity contribution in [3.63, 3.8) is 0 Å². The van der Waals surface area contributed by atoms with Crippen molar-refractivity contribution < 1.29 is 38.2 Å². The van der Waals surface area contributed by atoms with Crippen molar-refractivity contribution >= 4 is 17.9 Å². The first-order valence-corrected chi connectivity index (χ1v) is 20.5. The molecule has 2 unspecified atom stereocenters. The minimum atomic E-state index is -1.13. The predicted octanol–water partition coefficient (Wildman–Crippen LogP) is 9.35. The highest BCUT2D eigenvalue weighted by molar-refractivity contribution is 5.70. The molecule has 0 spiro atoms. The standard InChI is InChI=1S/C43H77NO7/c1-6-8-10-12-14-16-18-20-21-22-24-25-27-29-31-33-41(45)50-38-39(37-49-36-35-40(43(47)48)44(3,4)5)51-42(46)34-32-30-28-26-23-19-17-15-13-11-9-7-2/h9,11,15,17,23,26,39-40H,6-8,10,12-14,16,18-22,24-25,27-38H2,1-5H3/b11-9+,17-15+,26-23+. The van der Waals surface area contributed by atoms with Crippen LogP contribution in [0, 0.1) is 0 Å². The summed E-state index contributed by atoms with van der Waals surface area (Å²) in [7, 11) is 5.39. The summed E-state index contributed by atoms with van der Waals surface area (Å²) in [5, 5.41) is 11.6. The van der Waals surface area contributed by atoms with Crippen LogP contribution in [0.1, 0.15) is 168 Å². The van der Waals surface area contributed by atoms with Gasteiger partial charge in [0.1, 0.15) is 12.6 Å². The summed E-state index contributed by atoms with van der Waals surface area (Å²) < 4.78 is 17.1. The van der Waals surface area contributed by atoms with E-state index in [1.807, 2.05) is 0 Å². The van der Waals surface area contributed by atoms with Crippen LogP contribution in [0.3, 0.4) is 0 Å². The van der Waals surface area contributed by atoms with Gasteiger partial charge in [0.05, 0.1) is 40.3 Å². The van der Waals surface area contributed by atoms with Crippen LogP contribution in [0.25, 0.3) is 0 Å². The lowest BCUT2D eigenvalue weighted by Gasteiger charge is -2.34. The van der Waals surface area contributed by atoms with E-state index >= 15 is 0 Å². The second kappa shape index (κ2) is 34.6. The molecule has 8 nitrogen and oxygen atoms in total. The summed E-state index contributed by atoms with van der Waals surface area (Å²) in [4.78, 5) is 36.7. The molecule has 0 aliphatic carbocycles. The lowest BCUT2D eigenvalue weighted by molar-refractivity contribution is -0.889. The van der Waals surface area contributed by atoms with E-state index in [1.165, 1.54) is 77.0 Å². The zero-order chi connectivity index (χ0) is 37.8. The molecule has 0 aromatic rings. The summed E-state index contributed by atoms with van der Waals surface area (Å²) >= 11 is 0. The number of aliphatic carboxylic acids is 1. The molecule has 0 rings (SSSR count). The summed E-state index contributed by atoms with van der Waals surface area (Å²) in [6, 6.07) is -0.730. The Morgan fingerprint density at radius 2 is 1.10 bits per heavy atom. The number of carboxylic acid groups (broad SMARTS) is 1. The first kappa shape index (κ1) is 48.5. The van der Waals surface area contributed by atoms with E-state index in [9.17, 15) is 19.5 Å². The number of unbranched alkanes of at least 4 members (excludes halogenated alkanes) is 16. The number of allylic oxidation sites excluding steroid dienone is 6. The van der Waals surface area contributed by atoms with E-state index in [1.54, 1.807) is 21.1 Å². The van der Waals surface area contributed by atoms with Crippen molar-refractivity contribution in [2.75, 3.05) is 41.0 Å². The third kappa shape index (κ3) is 33.2. The molecular weight excluding hydrogens is 642 g/mol. The van der Waals surface area contributed by atoms with E-state index in [-0.39, 0.29) is 49.1 Å². The number of rotatable bonds is 36. The largest absolute Gasteiger partial charge is 0.544 e. The number of carboxylic acids is 1. The summed E-state index contributed by atoms with van der Waals surface area (Å²) in [6.45, 7) is 4.50. The van der Waals surface area contributed by atoms with Crippen LogP contribution >= 0.6 is 0 Å². The van der Waals surface area contributed by atoms with Gasteiger partial charge in [0.2, 0.25) is 0 Å². The molecule has 2 atom stereocenters. The smallest absolute Gasteiger partial charge is 0.306 e. The van der Waals surface area contributed by atoms with Crippen molar-refractivity contribution in [2.45, 2.75) is 180 Å². The molecule has 296 valence electrons. The average Bonchev–Trinajstić information content (AvgIpc) is 3.08. The molecule has 0 aliphatic heterocycles. The van der Waals surface area contributed by atoms with Crippen LogP contribution in [0.2, 0.25) is 0 Å². The van der Waals surface area contributed by atoms with Crippen LogP contribution in [0.5, 0.6) is 0 Å². The lowest BCUT2D eigenvalue weighted by Crippen LogP contribution is -2.55. The van der Waals surface area contributed by atoms with Crippen molar-refractivity contribution in [1.82, 2.24) is 0 Å². The van der Waals surface area contributed by atoms with Gasteiger partial charge in [0.25, 0.3) is 0 Å². The molecule has 0 amide bonds. The topological polar surface area (TPSA) is 102 Å². The van der Waals surface area contributed by atoms with E-state index in [0.29, 0.717) is 12.8 Å². The summed E-state index contributed by atoms with van der Waals surface area (Å²) in [6.07, 6.45) is 37.4. The molecule has 0 heterocycles. The Morgan fingerprint density at radius 3 is 1.63 bits per heavy atom. The van der Waals surface area contributed by atoms with Crippen molar-refractivity contribution in [3.8, 4) is 0 Å². The molecule has 0 aromatic heterocycles. The van der Waals surface area contributed by atoms with Gasteiger partial charge in [-0.05, 0) is 44.9 Å². The number of carbonyl (C=O) groups is 3. The number of nitrogens with zero attached hydrogens (tertiary/aromatic N) is 1. The molecule has 0 aliphatic rings. The molecule has 0 N–H and O–H groups in total. The number of esters is 2. The number of hydrogen-bond acceptors (Lipinski definition) is 7. The van der Waals surface area contributed by atoms with Crippen molar-refractivity contribution in [3.05, 3.63) is 36.5 Å². The lowest BCUT2D eigenvalue weighted by atomic mass is 10.0. The molecule has 0 fully saturated rings. The Hall–Kier alpha value is -2.45. The molecule has 8 heteroatoms. The van der Waals surface area contributed by atoms with E-state index in [4.69, 9.17) is 14.2 Å². The third-order valence-electron chi connectivity index (χ3n) is 9.04.